The van der Waals surface area contributed by atoms with Crippen molar-refractivity contribution in [2.75, 3.05) is 26.2 Å². The first-order chi connectivity index (χ1) is 12.3. The van der Waals surface area contributed by atoms with Crippen LogP contribution in [-0.2, 0) is 12.7 Å². The maximum absolute atomic E-state index is 13.3. The molecule has 7 heteroatoms. The number of carbonyl (C=O) groups is 1. The van der Waals surface area contributed by atoms with Crippen molar-refractivity contribution in [3.05, 3.63) is 71.0 Å². The Morgan fingerprint density at radius 3 is 2.19 bits per heavy atom. The van der Waals surface area contributed by atoms with Gasteiger partial charge in [0, 0.05) is 38.3 Å². The lowest BCUT2D eigenvalue weighted by molar-refractivity contribution is -0.137. The molecular weight excluding hydrogens is 348 g/mol. The Balaban J connectivity index is 1.54. The number of hydrogen-bond acceptors (Lipinski definition) is 2. The summed E-state index contributed by atoms with van der Waals surface area (Å²) in [5, 5.41) is 0. The van der Waals surface area contributed by atoms with Crippen LogP contribution in [0.1, 0.15) is 21.5 Å². The molecular formula is C19H18F4N2O. The van der Waals surface area contributed by atoms with Gasteiger partial charge in [0.15, 0.2) is 0 Å². The monoisotopic (exact) mass is 366 g/mol. The third kappa shape index (κ3) is 4.40. The predicted molar refractivity (Wildman–Crippen MR) is 89.0 cm³/mol. The highest BCUT2D eigenvalue weighted by molar-refractivity contribution is 5.94. The highest BCUT2D eigenvalue weighted by atomic mass is 19.4. The first kappa shape index (κ1) is 18.4. The summed E-state index contributed by atoms with van der Waals surface area (Å²) in [6.07, 6.45) is -4.33. The van der Waals surface area contributed by atoms with Crippen molar-refractivity contribution in [2.24, 2.45) is 0 Å². The molecule has 0 atom stereocenters. The van der Waals surface area contributed by atoms with E-state index in [1.807, 2.05) is 0 Å². The van der Waals surface area contributed by atoms with Crippen LogP contribution >= 0.6 is 0 Å². The maximum Gasteiger partial charge on any atom is 0.416 e. The Morgan fingerprint density at radius 1 is 0.962 bits per heavy atom. The summed E-state index contributed by atoms with van der Waals surface area (Å²) in [6, 6.07) is 10.7. The van der Waals surface area contributed by atoms with Gasteiger partial charge in [-0.15, -0.1) is 0 Å². The third-order valence-corrected chi connectivity index (χ3v) is 4.42. The number of benzene rings is 2. The lowest BCUT2D eigenvalue weighted by Crippen LogP contribution is -2.48. The van der Waals surface area contributed by atoms with E-state index in [0.717, 1.165) is 17.7 Å². The fraction of sp³-hybridized carbons (Fsp3) is 0.316. The fourth-order valence-electron chi connectivity index (χ4n) is 2.97. The average molecular weight is 366 g/mol. The molecule has 138 valence electrons. The van der Waals surface area contributed by atoms with Gasteiger partial charge in [-0.3, -0.25) is 9.69 Å². The second-order valence-corrected chi connectivity index (χ2v) is 6.27. The van der Waals surface area contributed by atoms with Crippen LogP contribution in [0, 0.1) is 5.82 Å². The lowest BCUT2D eigenvalue weighted by Gasteiger charge is -2.34. The summed E-state index contributed by atoms with van der Waals surface area (Å²) in [7, 11) is 0. The summed E-state index contributed by atoms with van der Waals surface area (Å²) in [5.41, 5.74) is 0.454. The summed E-state index contributed by atoms with van der Waals surface area (Å²) in [6.45, 7) is 2.75. The van der Waals surface area contributed by atoms with Gasteiger partial charge in [0.2, 0.25) is 0 Å². The van der Waals surface area contributed by atoms with E-state index >= 15 is 0 Å². The van der Waals surface area contributed by atoms with Gasteiger partial charge in [0.1, 0.15) is 5.82 Å². The molecule has 26 heavy (non-hydrogen) atoms. The Hall–Kier alpha value is -2.41. The largest absolute Gasteiger partial charge is 0.416 e. The number of halogens is 4. The van der Waals surface area contributed by atoms with Gasteiger partial charge in [-0.25, -0.2) is 4.39 Å². The van der Waals surface area contributed by atoms with Crippen molar-refractivity contribution >= 4 is 5.91 Å². The number of hydrogen-bond donors (Lipinski definition) is 0. The SMILES string of the molecule is O=C(c1cccc(F)c1)N1CCN(Cc2ccc(C(F)(F)F)cc2)CC1. The minimum atomic E-state index is -4.33. The first-order valence-electron chi connectivity index (χ1n) is 8.26. The Morgan fingerprint density at radius 2 is 1.62 bits per heavy atom. The molecule has 2 aromatic rings. The van der Waals surface area contributed by atoms with Crippen LogP contribution in [0.5, 0.6) is 0 Å². The van der Waals surface area contributed by atoms with Crippen molar-refractivity contribution in [1.82, 2.24) is 9.80 Å². The van der Waals surface area contributed by atoms with E-state index in [2.05, 4.69) is 4.90 Å². The molecule has 0 bridgehead atoms. The van der Waals surface area contributed by atoms with Crippen molar-refractivity contribution in [3.8, 4) is 0 Å². The van der Waals surface area contributed by atoms with Gasteiger partial charge in [0.25, 0.3) is 5.91 Å². The fourth-order valence-corrected chi connectivity index (χ4v) is 2.97. The molecule has 3 nitrogen and oxygen atoms in total. The summed E-state index contributed by atoms with van der Waals surface area (Å²) in [4.78, 5) is 16.1. The molecule has 0 spiro atoms. The highest BCUT2D eigenvalue weighted by Gasteiger charge is 2.30. The molecule has 0 radical (unpaired) electrons. The molecule has 1 fully saturated rings. The molecule has 0 saturated carbocycles. The summed E-state index contributed by atoms with van der Waals surface area (Å²) >= 11 is 0. The van der Waals surface area contributed by atoms with Crippen molar-refractivity contribution in [2.45, 2.75) is 12.7 Å². The molecule has 0 aromatic heterocycles. The topological polar surface area (TPSA) is 23.6 Å². The number of carbonyl (C=O) groups excluding carboxylic acids is 1. The van der Waals surface area contributed by atoms with E-state index in [1.54, 1.807) is 11.0 Å². The van der Waals surface area contributed by atoms with E-state index in [0.29, 0.717) is 38.3 Å². The molecule has 0 aliphatic carbocycles. The van der Waals surface area contributed by atoms with Gasteiger partial charge in [0.05, 0.1) is 5.56 Å². The standard InChI is InChI=1S/C19H18F4N2O/c20-17-3-1-2-15(12-17)18(26)25-10-8-24(9-11-25)13-14-4-6-16(7-5-14)19(21,22)23/h1-7,12H,8-11,13H2. The minimum absolute atomic E-state index is 0.210. The van der Waals surface area contributed by atoms with E-state index in [9.17, 15) is 22.4 Å². The predicted octanol–water partition coefficient (Wildman–Crippen LogP) is 3.80. The van der Waals surface area contributed by atoms with Crippen LogP contribution in [0.4, 0.5) is 17.6 Å². The van der Waals surface area contributed by atoms with E-state index < -0.39 is 17.6 Å². The zero-order valence-electron chi connectivity index (χ0n) is 14.0. The zero-order chi connectivity index (χ0) is 18.7. The van der Waals surface area contributed by atoms with Crippen molar-refractivity contribution < 1.29 is 22.4 Å². The molecule has 0 unspecified atom stereocenters. The molecule has 1 amide bonds. The van der Waals surface area contributed by atoms with Crippen LogP contribution < -0.4 is 0 Å². The quantitative estimate of drug-likeness (QED) is 0.772. The van der Waals surface area contributed by atoms with Crippen LogP contribution in [0.15, 0.2) is 48.5 Å². The third-order valence-electron chi connectivity index (χ3n) is 4.42. The Labute approximate surface area is 148 Å². The maximum atomic E-state index is 13.3. The van der Waals surface area contributed by atoms with E-state index in [4.69, 9.17) is 0 Å². The lowest BCUT2D eigenvalue weighted by atomic mass is 10.1. The average Bonchev–Trinajstić information content (AvgIpc) is 2.61. The Kier molecular flexibility index (Phi) is 5.27. The number of nitrogens with zero attached hydrogens (tertiary/aromatic N) is 2. The van der Waals surface area contributed by atoms with E-state index in [1.165, 1.54) is 30.3 Å². The number of rotatable bonds is 3. The summed E-state index contributed by atoms with van der Waals surface area (Å²) < 4.78 is 51.0. The normalized spacial score (nSPS) is 15.9. The highest BCUT2D eigenvalue weighted by Crippen LogP contribution is 2.29. The molecule has 3 rings (SSSR count). The van der Waals surface area contributed by atoms with Crippen LogP contribution in [0.2, 0.25) is 0 Å². The van der Waals surface area contributed by atoms with Crippen molar-refractivity contribution in [1.29, 1.82) is 0 Å². The molecule has 1 saturated heterocycles. The number of alkyl halides is 3. The second kappa shape index (κ2) is 7.45. The van der Waals surface area contributed by atoms with Crippen LogP contribution in [-0.4, -0.2) is 41.9 Å². The summed E-state index contributed by atoms with van der Waals surface area (Å²) in [5.74, 6) is -0.657. The van der Waals surface area contributed by atoms with Gasteiger partial charge < -0.3 is 4.90 Å². The smallest absolute Gasteiger partial charge is 0.336 e. The minimum Gasteiger partial charge on any atom is -0.336 e. The molecule has 2 aromatic carbocycles. The van der Waals surface area contributed by atoms with Gasteiger partial charge >= 0.3 is 6.18 Å². The molecule has 1 aliphatic heterocycles. The Bertz CT molecular complexity index is 766. The van der Waals surface area contributed by atoms with Gasteiger partial charge in [-0.2, -0.15) is 13.2 Å². The number of amides is 1. The first-order valence-corrected chi connectivity index (χ1v) is 8.26. The van der Waals surface area contributed by atoms with E-state index in [-0.39, 0.29) is 5.91 Å². The van der Waals surface area contributed by atoms with Crippen molar-refractivity contribution in [3.63, 3.8) is 0 Å². The molecule has 0 N–H and O–H groups in total. The number of piperazine rings is 1. The van der Waals surface area contributed by atoms with Gasteiger partial charge in [-0.05, 0) is 35.9 Å². The molecule has 1 heterocycles. The van der Waals surface area contributed by atoms with Crippen LogP contribution in [0.3, 0.4) is 0 Å². The second-order valence-electron chi connectivity index (χ2n) is 6.27. The zero-order valence-corrected chi connectivity index (χ0v) is 14.0. The van der Waals surface area contributed by atoms with Crippen LogP contribution in [0.25, 0.3) is 0 Å². The van der Waals surface area contributed by atoms with Gasteiger partial charge in [-0.1, -0.05) is 18.2 Å². The molecule has 1 aliphatic rings.